The van der Waals surface area contributed by atoms with Gasteiger partial charge in [-0.15, -0.1) is 10.2 Å². The van der Waals surface area contributed by atoms with E-state index in [1.165, 1.54) is 25.7 Å². The molecule has 96 valence electrons. The average Bonchev–Trinajstić information content (AvgIpc) is 2.82. The summed E-state index contributed by atoms with van der Waals surface area (Å²) in [6, 6.07) is 0. The molecule has 1 aliphatic carbocycles. The third-order valence-electron chi connectivity index (χ3n) is 3.79. The molecule has 1 aliphatic rings. The minimum atomic E-state index is -0.0809. The van der Waals surface area contributed by atoms with Gasteiger partial charge in [-0.05, 0) is 33.6 Å². The van der Waals surface area contributed by atoms with Crippen molar-refractivity contribution in [2.24, 2.45) is 0 Å². The smallest absolute Gasteiger partial charge is 0.159 e. The fourth-order valence-corrected chi connectivity index (χ4v) is 2.89. The maximum Gasteiger partial charge on any atom is 0.159 e. The molecule has 1 aromatic heterocycles. The molecule has 0 spiro atoms. The first-order valence-electron chi connectivity index (χ1n) is 6.44. The van der Waals surface area contributed by atoms with Crippen LogP contribution < -0.4 is 0 Å². The van der Waals surface area contributed by atoms with E-state index in [2.05, 4.69) is 42.5 Å². The average molecular weight is 237 g/mol. The predicted octanol–water partition coefficient (Wildman–Crippen LogP) is 2.36. The topological polar surface area (TPSA) is 50.9 Å². The van der Waals surface area contributed by atoms with E-state index >= 15 is 0 Å². The fraction of sp³-hybridized carbons (Fsp3) is 0.846. The predicted molar refractivity (Wildman–Crippen MR) is 66.8 cm³/mol. The van der Waals surface area contributed by atoms with Crippen molar-refractivity contribution in [3.8, 4) is 0 Å². The molecule has 4 heteroatoms. The highest BCUT2D eigenvalue weighted by Crippen LogP contribution is 2.41. The third-order valence-corrected chi connectivity index (χ3v) is 3.79. The minimum Gasteiger partial charge on any atom is -0.388 e. The molecule has 0 aromatic carbocycles. The zero-order chi connectivity index (χ0) is 12.7. The summed E-state index contributed by atoms with van der Waals surface area (Å²) < 4.78 is 2.12. The standard InChI is InChI=1S/C13H23N3O/c1-12(2,3)16-10(9-17)14-15-11(16)13(4)7-5-6-8-13/h17H,5-9H2,1-4H3. The zero-order valence-electron chi connectivity index (χ0n) is 11.3. The molecule has 1 saturated carbocycles. The van der Waals surface area contributed by atoms with E-state index in [9.17, 15) is 5.11 Å². The fourth-order valence-electron chi connectivity index (χ4n) is 2.89. The Morgan fingerprint density at radius 1 is 1.24 bits per heavy atom. The van der Waals surface area contributed by atoms with Crippen LogP contribution in [0, 0.1) is 0 Å². The van der Waals surface area contributed by atoms with Crippen LogP contribution in [0.2, 0.25) is 0 Å². The van der Waals surface area contributed by atoms with Gasteiger partial charge in [-0.25, -0.2) is 0 Å². The summed E-state index contributed by atoms with van der Waals surface area (Å²) in [5.74, 6) is 1.73. The third kappa shape index (κ3) is 2.10. The van der Waals surface area contributed by atoms with Crippen molar-refractivity contribution in [3.63, 3.8) is 0 Å². The van der Waals surface area contributed by atoms with Gasteiger partial charge in [0.25, 0.3) is 0 Å². The molecule has 1 heterocycles. The van der Waals surface area contributed by atoms with Crippen LogP contribution >= 0.6 is 0 Å². The van der Waals surface area contributed by atoms with Crippen molar-refractivity contribution in [3.05, 3.63) is 11.6 Å². The number of hydrogen-bond acceptors (Lipinski definition) is 3. The van der Waals surface area contributed by atoms with Crippen LogP contribution in [0.1, 0.15) is 65.0 Å². The van der Waals surface area contributed by atoms with E-state index in [0.717, 1.165) is 5.82 Å². The molecule has 1 fully saturated rings. The summed E-state index contributed by atoms with van der Waals surface area (Å²) in [4.78, 5) is 0. The Labute approximate surface area is 103 Å². The molecule has 0 bridgehead atoms. The first-order valence-corrected chi connectivity index (χ1v) is 6.44. The van der Waals surface area contributed by atoms with E-state index in [1.807, 2.05) is 0 Å². The van der Waals surface area contributed by atoms with Crippen LogP contribution in [0.5, 0.6) is 0 Å². The lowest BCUT2D eigenvalue weighted by atomic mass is 9.87. The van der Waals surface area contributed by atoms with Crippen molar-refractivity contribution >= 4 is 0 Å². The summed E-state index contributed by atoms with van der Waals surface area (Å²) in [7, 11) is 0. The van der Waals surface area contributed by atoms with Crippen molar-refractivity contribution in [1.29, 1.82) is 0 Å². The van der Waals surface area contributed by atoms with Gasteiger partial charge in [-0.1, -0.05) is 19.8 Å². The van der Waals surface area contributed by atoms with Gasteiger partial charge in [-0.2, -0.15) is 0 Å². The molecule has 1 N–H and O–H groups in total. The summed E-state index contributed by atoms with van der Waals surface area (Å²) in [6.07, 6.45) is 4.88. The molecule has 1 aromatic rings. The molecule has 0 atom stereocenters. The van der Waals surface area contributed by atoms with Crippen LogP contribution in [0.3, 0.4) is 0 Å². The first-order chi connectivity index (χ1) is 7.88. The SMILES string of the molecule is CC1(c2nnc(CO)n2C(C)(C)C)CCCC1. The highest BCUT2D eigenvalue weighted by molar-refractivity contribution is 5.13. The van der Waals surface area contributed by atoms with Gasteiger partial charge in [0.2, 0.25) is 0 Å². The van der Waals surface area contributed by atoms with E-state index in [1.54, 1.807) is 0 Å². The molecular weight excluding hydrogens is 214 g/mol. The molecule has 0 radical (unpaired) electrons. The molecule has 2 rings (SSSR count). The maximum absolute atomic E-state index is 9.40. The molecule has 17 heavy (non-hydrogen) atoms. The van der Waals surface area contributed by atoms with Gasteiger partial charge in [0.1, 0.15) is 12.4 Å². The Kier molecular flexibility index (Phi) is 3.02. The first kappa shape index (κ1) is 12.6. The van der Waals surface area contributed by atoms with Gasteiger partial charge >= 0.3 is 0 Å². The second kappa shape index (κ2) is 4.09. The van der Waals surface area contributed by atoms with Crippen molar-refractivity contribution in [2.45, 2.75) is 70.9 Å². The van der Waals surface area contributed by atoms with Crippen LogP contribution in [-0.2, 0) is 17.6 Å². The number of rotatable bonds is 2. The minimum absolute atomic E-state index is 0.0413. The Balaban J connectivity index is 2.51. The highest BCUT2D eigenvalue weighted by atomic mass is 16.3. The Hall–Kier alpha value is -0.900. The second-order valence-corrected chi connectivity index (χ2v) is 6.37. The largest absolute Gasteiger partial charge is 0.388 e. The molecule has 0 aliphatic heterocycles. The van der Waals surface area contributed by atoms with Gasteiger partial charge in [-0.3, -0.25) is 0 Å². The zero-order valence-corrected chi connectivity index (χ0v) is 11.3. The van der Waals surface area contributed by atoms with Crippen LogP contribution in [0.4, 0.5) is 0 Å². The van der Waals surface area contributed by atoms with Crippen molar-refractivity contribution < 1.29 is 5.11 Å². The summed E-state index contributed by atoms with van der Waals surface area (Å²) in [5, 5.41) is 17.9. The lowest BCUT2D eigenvalue weighted by Gasteiger charge is -2.31. The van der Waals surface area contributed by atoms with Gasteiger partial charge in [0.05, 0.1) is 0 Å². The van der Waals surface area contributed by atoms with Crippen LogP contribution in [0.25, 0.3) is 0 Å². The van der Waals surface area contributed by atoms with Crippen molar-refractivity contribution in [2.75, 3.05) is 0 Å². The van der Waals surface area contributed by atoms with Gasteiger partial charge in [0, 0.05) is 11.0 Å². The number of aliphatic hydroxyl groups is 1. The summed E-state index contributed by atoms with van der Waals surface area (Å²) in [5.41, 5.74) is 0.0518. The normalized spacial score (nSPS) is 19.8. The van der Waals surface area contributed by atoms with Gasteiger partial charge < -0.3 is 9.67 Å². The molecule has 0 unspecified atom stereocenters. The van der Waals surface area contributed by atoms with Crippen LogP contribution in [0.15, 0.2) is 0 Å². The monoisotopic (exact) mass is 237 g/mol. The molecule has 0 saturated heterocycles. The Morgan fingerprint density at radius 2 is 1.82 bits per heavy atom. The molecule has 4 nitrogen and oxygen atoms in total. The highest BCUT2D eigenvalue weighted by Gasteiger charge is 2.38. The number of nitrogens with zero attached hydrogens (tertiary/aromatic N) is 3. The lowest BCUT2D eigenvalue weighted by molar-refractivity contribution is 0.243. The molecular formula is C13H23N3O. The van der Waals surface area contributed by atoms with E-state index in [-0.39, 0.29) is 17.6 Å². The Bertz CT molecular complexity index is 397. The Morgan fingerprint density at radius 3 is 2.29 bits per heavy atom. The number of aliphatic hydroxyl groups excluding tert-OH is 1. The lowest BCUT2D eigenvalue weighted by Crippen LogP contribution is -2.32. The van der Waals surface area contributed by atoms with E-state index < -0.39 is 0 Å². The number of hydrogen-bond donors (Lipinski definition) is 1. The number of aromatic nitrogens is 3. The maximum atomic E-state index is 9.40. The second-order valence-electron chi connectivity index (χ2n) is 6.37. The van der Waals surface area contributed by atoms with E-state index in [0.29, 0.717) is 5.82 Å². The summed E-state index contributed by atoms with van der Waals surface area (Å²) >= 11 is 0. The van der Waals surface area contributed by atoms with Crippen molar-refractivity contribution in [1.82, 2.24) is 14.8 Å². The quantitative estimate of drug-likeness (QED) is 0.859. The van der Waals surface area contributed by atoms with Gasteiger partial charge in [0.15, 0.2) is 5.82 Å². The summed E-state index contributed by atoms with van der Waals surface area (Å²) in [6.45, 7) is 8.64. The van der Waals surface area contributed by atoms with E-state index in [4.69, 9.17) is 0 Å². The molecule has 0 amide bonds. The van der Waals surface area contributed by atoms with Crippen LogP contribution in [-0.4, -0.2) is 19.9 Å².